The first kappa shape index (κ1) is 18.3. The Morgan fingerprint density at radius 2 is 2.12 bits per heavy atom. The Labute approximate surface area is 153 Å². The van der Waals surface area contributed by atoms with Gasteiger partial charge in [0.1, 0.15) is 16.7 Å². The number of rotatable bonds is 4. The van der Waals surface area contributed by atoms with Crippen molar-refractivity contribution in [3.63, 3.8) is 0 Å². The fraction of sp³-hybridized carbons (Fsp3) is 0.389. The Balaban J connectivity index is 1.71. The van der Waals surface area contributed by atoms with Gasteiger partial charge in [-0.05, 0) is 43.9 Å². The Hall–Kier alpha value is -2.48. The van der Waals surface area contributed by atoms with Crippen LogP contribution in [0.4, 0.5) is 4.39 Å². The molecular formula is C18H19FN2O4S. The second-order valence-corrected chi connectivity index (χ2v) is 7.30. The van der Waals surface area contributed by atoms with Gasteiger partial charge >= 0.3 is 5.97 Å². The molecule has 0 aliphatic carbocycles. The molecule has 1 aromatic heterocycles. The molecular weight excluding hydrogens is 359 g/mol. The van der Waals surface area contributed by atoms with E-state index in [0.717, 1.165) is 24.2 Å². The van der Waals surface area contributed by atoms with E-state index in [1.807, 2.05) is 0 Å². The van der Waals surface area contributed by atoms with E-state index in [2.05, 4.69) is 0 Å². The number of hydrogen-bond donors (Lipinski definition) is 1. The molecule has 2 aromatic rings. The maximum Gasteiger partial charge on any atom is 0.349 e. The van der Waals surface area contributed by atoms with Crippen LogP contribution in [-0.4, -0.2) is 41.9 Å². The highest BCUT2D eigenvalue weighted by Crippen LogP contribution is 2.33. The van der Waals surface area contributed by atoms with Crippen LogP contribution in [0.1, 0.15) is 34.5 Å². The number of primary amides is 1. The van der Waals surface area contributed by atoms with E-state index in [0.29, 0.717) is 28.6 Å². The lowest BCUT2D eigenvalue weighted by atomic mass is 10.0. The van der Waals surface area contributed by atoms with Gasteiger partial charge < -0.3 is 15.4 Å². The van der Waals surface area contributed by atoms with Gasteiger partial charge in [-0.3, -0.25) is 9.59 Å². The standard InChI is InChI=1S/C18H19FN2O4S/c1-10-15-11(19)5-4-7-13(15)26-16(10)18(24)25-9-14(22)21-8-3-2-6-12(21)17(20)23/h4-5,7,12H,2-3,6,8-9H2,1H3,(H2,20,23)/t12-/m1/s1. The van der Waals surface area contributed by atoms with E-state index >= 15 is 0 Å². The monoisotopic (exact) mass is 378 g/mol. The van der Waals surface area contributed by atoms with Gasteiger partial charge in [-0.15, -0.1) is 11.3 Å². The van der Waals surface area contributed by atoms with E-state index in [4.69, 9.17) is 10.5 Å². The average molecular weight is 378 g/mol. The lowest BCUT2D eigenvalue weighted by molar-refractivity contribution is -0.143. The molecule has 138 valence electrons. The van der Waals surface area contributed by atoms with E-state index < -0.39 is 36.2 Å². The first-order valence-corrected chi connectivity index (χ1v) is 9.15. The normalized spacial score (nSPS) is 17.3. The number of aryl methyl sites for hydroxylation is 1. The maximum atomic E-state index is 13.9. The fourth-order valence-electron chi connectivity index (χ4n) is 3.25. The van der Waals surface area contributed by atoms with E-state index in [1.54, 1.807) is 19.1 Å². The van der Waals surface area contributed by atoms with Gasteiger partial charge in [-0.2, -0.15) is 0 Å². The SMILES string of the molecule is Cc1c(C(=O)OCC(=O)N2CCCC[C@@H]2C(N)=O)sc2cccc(F)c12. The number of nitrogens with two attached hydrogens (primary N) is 1. The van der Waals surface area contributed by atoms with E-state index in [-0.39, 0.29) is 4.88 Å². The minimum absolute atomic E-state index is 0.267. The average Bonchev–Trinajstić information content (AvgIpc) is 2.97. The van der Waals surface area contributed by atoms with Crippen LogP contribution in [0.5, 0.6) is 0 Å². The Morgan fingerprint density at radius 3 is 2.81 bits per heavy atom. The highest BCUT2D eigenvalue weighted by Gasteiger charge is 2.31. The molecule has 8 heteroatoms. The molecule has 3 rings (SSSR count). The summed E-state index contributed by atoms with van der Waals surface area (Å²) in [6, 6.07) is 3.98. The zero-order valence-corrected chi connectivity index (χ0v) is 15.1. The topological polar surface area (TPSA) is 89.7 Å². The number of halogens is 1. The summed E-state index contributed by atoms with van der Waals surface area (Å²) in [6.07, 6.45) is 2.12. The number of hydrogen-bond acceptors (Lipinski definition) is 5. The number of benzene rings is 1. The van der Waals surface area contributed by atoms with Crippen molar-refractivity contribution < 1.29 is 23.5 Å². The number of carbonyl (C=O) groups excluding carboxylic acids is 3. The van der Waals surface area contributed by atoms with E-state index in [1.165, 1.54) is 11.0 Å². The molecule has 0 bridgehead atoms. The van der Waals surface area contributed by atoms with E-state index in [9.17, 15) is 18.8 Å². The van der Waals surface area contributed by atoms with Crippen LogP contribution in [0.3, 0.4) is 0 Å². The second-order valence-electron chi connectivity index (χ2n) is 6.25. The first-order valence-electron chi connectivity index (χ1n) is 8.33. The minimum atomic E-state index is -0.677. The fourth-order valence-corrected chi connectivity index (χ4v) is 4.37. The Morgan fingerprint density at radius 1 is 1.35 bits per heavy atom. The van der Waals surface area contributed by atoms with Gasteiger partial charge in [0.25, 0.3) is 5.91 Å². The molecule has 0 unspecified atom stereocenters. The Bertz CT molecular complexity index is 879. The third kappa shape index (κ3) is 3.41. The van der Waals surface area contributed by atoms with Crippen molar-refractivity contribution in [1.82, 2.24) is 4.90 Å². The number of likely N-dealkylation sites (tertiary alicyclic amines) is 1. The number of amides is 2. The van der Waals surface area contributed by atoms with Gasteiger partial charge in [-0.25, -0.2) is 9.18 Å². The zero-order chi connectivity index (χ0) is 18.8. The van der Waals surface area contributed by atoms with Crippen LogP contribution < -0.4 is 5.73 Å². The molecule has 1 aliphatic rings. The quantitative estimate of drug-likeness (QED) is 0.827. The second kappa shape index (κ2) is 7.41. The molecule has 26 heavy (non-hydrogen) atoms. The van der Waals surface area contributed by atoms with Crippen molar-refractivity contribution in [3.8, 4) is 0 Å². The summed E-state index contributed by atoms with van der Waals surface area (Å²) >= 11 is 1.13. The molecule has 0 spiro atoms. The molecule has 2 amide bonds. The molecule has 0 saturated carbocycles. The number of esters is 1. The Kier molecular flexibility index (Phi) is 5.22. The summed E-state index contributed by atoms with van der Waals surface area (Å²) < 4.78 is 19.7. The van der Waals surface area contributed by atoms with Crippen molar-refractivity contribution in [1.29, 1.82) is 0 Å². The maximum absolute atomic E-state index is 13.9. The third-order valence-corrected chi connectivity index (χ3v) is 5.80. The summed E-state index contributed by atoms with van der Waals surface area (Å²) in [7, 11) is 0. The number of piperidine rings is 1. The van der Waals surface area contributed by atoms with Crippen LogP contribution in [0.25, 0.3) is 10.1 Å². The van der Waals surface area contributed by atoms with Crippen molar-refractivity contribution in [2.45, 2.75) is 32.2 Å². The number of thiophene rings is 1. The van der Waals surface area contributed by atoms with Gasteiger partial charge in [0.05, 0.1) is 0 Å². The van der Waals surface area contributed by atoms with Gasteiger partial charge in [0.15, 0.2) is 6.61 Å². The third-order valence-electron chi connectivity index (χ3n) is 4.57. The minimum Gasteiger partial charge on any atom is -0.451 e. The summed E-state index contributed by atoms with van der Waals surface area (Å²) in [6.45, 7) is 1.59. The molecule has 1 saturated heterocycles. The van der Waals surface area contributed by atoms with Crippen molar-refractivity contribution >= 4 is 39.2 Å². The van der Waals surface area contributed by atoms with Crippen LogP contribution in [0, 0.1) is 12.7 Å². The highest BCUT2D eigenvalue weighted by molar-refractivity contribution is 7.21. The van der Waals surface area contributed by atoms with Gasteiger partial charge in [0, 0.05) is 16.6 Å². The largest absolute Gasteiger partial charge is 0.451 e. The lowest BCUT2D eigenvalue weighted by Gasteiger charge is -2.33. The molecule has 1 aliphatic heterocycles. The summed E-state index contributed by atoms with van der Waals surface area (Å²) in [5.41, 5.74) is 5.84. The smallest absolute Gasteiger partial charge is 0.349 e. The van der Waals surface area contributed by atoms with Crippen LogP contribution in [0.15, 0.2) is 18.2 Å². The predicted molar refractivity (Wildman–Crippen MR) is 95.3 cm³/mol. The number of ether oxygens (including phenoxy) is 1. The van der Waals surface area contributed by atoms with Crippen LogP contribution in [-0.2, 0) is 14.3 Å². The van der Waals surface area contributed by atoms with Crippen molar-refractivity contribution in [2.75, 3.05) is 13.2 Å². The zero-order valence-electron chi connectivity index (χ0n) is 14.3. The number of fused-ring (bicyclic) bond motifs is 1. The van der Waals surface area contributed by atoms with Gasteiger partial charge in [0.2, 0.25) is 5.91 Å². The summed E-state index contributed by atoms with van der Waals surface area (Å²) in [5, 5.41) is 0.389. The summed E-state index contributed by atoms with van der Waals surface area (Å²) in [4.78, 5) is 37.8. The summed E-state index contributed by atoms with van der Waals surface area (Å²) in [5.74, 6) is -2.08. The molecule has 6 nitrogen and oxygen atoms in total. The lowest BCUT2D eigenvalue weighted by Crippen LogP contribution is -2.51. The molecule has 1 atom stereocenters. The van der Waals surface area contributed by atoms with Gasteiger partial charge in [-0.1, -0.05) is 6.07 Å². The molecule has 0 radical (unpaired) electrons. The highest BCUT2D eigenvalue weighted by atomic mass is 32.1. The number of nitrogens with zero attached hydrogens (tertiary/aromatic N) is 1. The first-order chi connectivity index (χ1) is 12.4. The molecule has 2 heterocycles. The van der Waals surface area contributed by atoms with Crippen molar-refractivity contribution in [3.05, 3.63) is 34.5 Å². The van der Waals surface area contributed by atoms with Crippen molar-refractivity contribution in [2.24, 2.45) is 5.73 Å². The number of carbonyl (C=O) groups is 3. The van der Waals surface area contributed by atoms with Crippen LogP contribution >= 0.6 is 11.3 Å². The van der Waals surface area contributed by atoms with Crippen LogP contribution in [0.2, 0.25) is 0 Å². The predicted octanol–water partition coefficient (Wildman–Crippen LogP) is 2.37. The molecule has 2 N–H and O–H groups in total. The molecule has 1 fully saturated rings. The molecule has 1 aromatic carbocycles.